The topological polar surface area (TPSA) is 65.0 Å². The number of thiophene rings is 1. The van der Waals surface area contributed by atoms with Gasteiger partial charge in [-0.1, -0.05) is 17.7 Å². The molecule has 0 aliphatic rings. The van der Waals surface area contributed by atoms with Crippen LogP contribution in [0.2, 0.25) is 5.02 Å². The second-order valence-corrected chi connectivity index (χ2v) is 8.29. The molecule has 8 heteroatoms. The minimum Gasteiger partial charge on any atom is -0.490 e. The number of benzene rings is 1. The highest BCUT2D eigenvalue weighted by atomic mass is 35.5. The molecule has 0 spiro atoms. The molecule has 0 amide bonds. The van der Waals surface area contributed by atoms with E-state index in [2.05, 4.69) is 4.40 Å². The van der Waals surface area contributed by atoms with Crippen LogP contribution in [-0.4, -0.2) is 27.3 Å². The van der Waals surface area contributed by atoms with E-state index in [-0.39, 0.29) is 10.3 Å². The second-order valence-electron chi connectivity index (χ2n) is 5.07. The molecule has 0 atom stereocenters. The first-order valence-electron chi connectivity index (χ1n) is 7.30. The van der Waals surface area contributed by atoms with Crippen molar-refractivity contribution in [2.45, 2.75) is 31.1 Å². The van der Waals surface area contributed by atoms with E-state index in [0.29, 0.717) is 28.7 Å². The maximum Gasteiger partial charge on any atom is 0.291 e. The van der Waals surface area contributed by atoms with Crippen molar-refractivity contribution in [1.82, 2.24) is 0 Å². The van der Waals surface area contributed by atoms with Crippen LogP contribution in [0.25, 0.3) is 0 Å². The molecule has 0 aliphatic carbocycles. The van der Waals surface area contributed by atoms with E-state index in [1.54, 1.807) is 23.6 Å². The fourth-order valence-electron chi connectivity index (χ4n) is 1.87. The summed E-state index contributed by atoms with van der Waals surface area (Å²) in [7, 11) is -3.71. The van der Waals surface area contributed by atoms with Gasteiger partial charge in [-0.05, 0) is 49.9 Å². The Balaban J connectivity index is 2.36. The van der Waals surface area contributed by atoms with Gasteiger partial charge in [0.2, 0.25) is 0 Å². The van der Waals surface area contributed by atoms with Gasteiger partial charge < -0.3 is 9.47 Å². The minimum atomic E-state index is -3.71. The molecule has 0 saturated carbocycles. The summed E-state index contributed by atoms with van der Waals surface area (Å²) in [5.74, 6) is 0.889. The van der Waals surface area contributed by atoms with Crippen LogP contribution in [0.3, 0.4) is 0 Å². The zero-order chi connectivity index (χ0) is 17.7. The van der Waals surface area contributed by atoms with Crippen molar-refractivity contribution in [3.8, 4) is 11.5 Å². The molecule has 2 rings (SSSR count). The van der Waals surface area contributed by atoms with E-state index in [1.165, 1.54) is 12.3 Å². The highest BCUT2D eigenvalue weighted by molar-refractivity contribution is 7.92. The smallest absolute Gasteiger partial charge is 0.291 e. The van der Waals surface area contributed by atoms with Gasteiger partial charge in [0.05, 0.1) is 17.7 Å². The molecule has 24 heavy (non-hydrogen) atoms. The third-order valence-corrected chi connectivity index (χ3v) is 5.67. The maximum absolute atomic E-state index is 12.1. The SMILES string of the molecule is CCOc1cc(/C=N\S(=O)(=O)c2cccs2)cc(Cl)c1OC(C)C. The molecule has 2 aromatic rings. The summed E-state index contributed by atoms with van der Waals surface area (Å²) >= 11 is 7.37. The summed E-state index contributed by atoms with van der Waals surface area (Å²) in [4.78, 5) is 0. The van der Waals surface area contributed by atoms with Crippen molar-refractivity contribution in [2.24, 2.45) is 4.40 Å². The Bertz CT molecular complexity index is 815. The lowest BCUT2D eigenvalue weighted by Crippen LogP contribution is -2.08. The molecule has 0 bridgehead atoms. The monoisotopic (exact) mass is 387 g/mol. The zero-order valence-electron chi connectivity index (χ0n) is 13.5. The Labute approximate surface area is 151 Å². The summed E-state index contributed by atoms with van der Waals surface area (Å²) < 4.78 is 39.3. The predicted octanol–water partition coefficient (Wildman–Crippen LogP) is 4.40. The van der Waals surface area contributed by atoms with E-state index >= 15 is 0 Å². The normalized spacial score (nSPS) is 12.0. The van der Waals surface area contributed by atoms with Crippen LogP contribution in [0.15, 0.2) is 38.3 Å². The number of hydrogen-bond acceptors (Lipinski definition) is 5. The fourth-order valence-corrected chi connectivity index (χ4v) is 3.98. The Kier molecular flexibility index (Phi) is 6.26. The summed E-state index contributed by atoms with van der Waals surface area (Å²) in [6.07, 6.45) is 1.18. The van der Waals surface area contributed by atoms with Gasteiger partial charge >= 0.3 is 0 Å². The molecule has 0 fully saturated rings. The van der Waals surface area contributed by atoms with Gasteiger partial charge in [0.15, 0.2) is 11.5 Å². The third-order valence-electron chi connectivity index (χ3n) is 2.78. The van der Waals surface area contributed by atoms with Crippen molar-refractivity contribution in [1.29, 1.82) is 0 Å². The first kappa shape index (κ1) is 18.8. The number of rotatable bonds is 7. The van der Waals surface area contributed by atoms with E-state index in [9.17, 15) is 8.42 Å². The van der Waals surface area contributed by atoms with Gasteiger partial charge in [-0.15, -0.1) is 11.3 Å². The minimum absolute atomic E-state index is 0.0690. The lowest BCUT2D eigenvalue weighted by molar-refractivity contribution is 0.224. The number of sulfonamides is 1. The maximum atomic E-state index is 12.1. The van der Waals surface area contributed by atoms with Gasteiger partial charge in [0.1, 0.15) is 4.21 Å². The third kappa shape index (κ3) is 4.72. The van der Waals surface area contributed by atoms with Gasteiger partial charge in [0.25, 0.3) is 10.0 Å². The van der Waals surface area contributed by atoms with Gasteiger partial charge in [-0.3, -0.25) is 0 Å². The number of ether oxygens (including phenoxy) is 2. The number of halogens is 1. The summed E-state index contributed by atoms with van der Waals surface area (Å²) in [5, 5.41) is 2.02. The van der Waals surface area contributed by atoms with Crippen LogP contribution in [0.1, 0.15) is 26.3 Å². The highest BCUT2D eigenvalue weighted by Crippen LogP contribution is 2.37. The van der Waals surface area contributed by atoms with E-state index in [4.69, 9.17) is 21.1 Å². The van der Waals surface area contributed by atoms with Crippen molar-refractivity contribution >= 4 is 39.2 Å². The standard InChI is InChI=1S/C16H18ClNO4S2/c1-4-21-14-9-12(8-13(17)16(14)22-11(2)3)10-18-24(19,20)15-6-5-7-23-15/h5-11H,4H2,1-3H3/b18-10-. The Morgan fingerprint density at radius 3 is 2.71 bits per heavy atom. The molecule has 1 heterocycles. The highest BCUT2D eigenvalue weighted by Gasteiger charge is 2.15. The van der Waals surface area contributed by atoms with Crippen LogP contribution in [0, 0.1) is 0 Å². The predicted molar refractivity (Wildman–Crippen MR) is 97.5 cm³/mol. The first-order chi connectivity index (χ1) is 11.3. The lowest BCUT2D eigenvalue weighted by Gasteiger charge is -2.16. The summed E-state index contributed by atoms with van der Waals surface area (Å²) in [5.41, 5.74) is 0.514. The summed E-state index contributed by atoms with van der Waals surface area (Å²) in [6.45, 7) is 6.04. The Hall–Kier alpha value is -1.57. The van der Waals surface area contributed by atoms with Crippen molar-refractivity contribution < 1.29 is 17.9 Å². The lowest BCUT2D eigenvalue weighted by atomic mass is 10.2. The van der Waals surface area contributed by atoms with E-state index in [1.807, 2.05) is 20.8 Å². The molecule has 1 aromatic carbocycles. The van der Waals surface area contributed by atoms with Crippen LogP contribution >= 0.6 is 22.9 Å². The molecule has 0 unspecified atom stereocenters. The number of nitrogens with zero attached hydrogens (tertiary/aromatic N) is 1. The molecule has 0 radical (unpaired) electrons. The molecule has 130 valence electrons. The molecule has 0 aliphatic heterocycles. The van der Waals surface area contributed by atoms with Crippen molar-refractivity contribution in [2.75, 3.05) is 6.61 Å². The van der Waals surface area contributed by atoms with Gasteiger partial charge in [-0.25, -0.2) is 0 Å². The molecule has 5 nitrogen and oxygen atoms in total. The van der Waals surface area contributed by atoms with E-state index < -0.39 is 10.0 Å². The van der Waals surface area contributed by atoms with Crippen LogP contribution in [0.4, 0.5) is 0 Å². The quantitative estimate of drug-likeness (QED) is 0.660. The fraction of sp³-hybridized carbons (Fsp3) is 0.312. The largest absolute Gasteiger partial charge is 0.490 e. The van der Waals surface area contributed by atoms with Crippen LogP contribution in [0.5, 0.6) is 11.5 Å². The summed E-state index contributed by atoms with van der Waals surface area (Å²) in [6, 6.07) is 6.42. The molecule has 0 N–H and O–H groups in total. The average Bonchev–Trinajstić information content (AvgIpc) is 3.04. The van der Waals surface area contributed by atoms with Crippen LogP contribution < -0.4 is 9.47 Å². The van der Waals surface area contributed by atoms with E-state index in [0.717, 1.165) is 11.3 Å². The molecule has 0 saturated heterocycles. The molecular weight excluding hydrogens is 370 g/mol. The van der Waals surface area contributed by atoms with Gasteiger partial charge in [-0.2, -0.15) is 12.8 Å². The second kappa shape index (κ2) is 8.00. The first-order valence-corrected chi connectivity index (χ1v) is 10.00. The Morgan fingerprint density at radius 1 is 1.38 bits per heavy atom. The van der Waals surface area contributed by atoms with Crippen molar-refractivity contribution in [3.63, 3.8) is 0 Å². The average molecular weight is 388 g/mol. The zero-order valence-corrected chi connectivity index (χ0v) is 15.9. The molecular formula is C16H18ClNO4S2. The van der Waals surface area contributed by atoms with Gasteiger partial charge in [0, 0.05) is 6.21 Å². The molecule has 1 aromatic heterocycles. The number of hydrogen-bond donors (Lipinski definition) is 0. The Morgan fingerprint density at radius 2 is 2.12 bits per heavy atom. The van der Waals surface area contributed by atoms with Crippen LogP contribution in [-0.2, 0) is 10.0 Å². The van der Waals surface area contributed by atoms with Crippen molar-refractivity contribution in [3.05, 3.63) is 40.2 Å².